The van der Waals surface area contributed by atoms with Crippen LogP contribution in [0, 0.1) is 5.41 Å². The van der Waals surface area contributed by atoms with Crippen LogP contribution in [0.25, 0.3) is 11.1 Å². The van der Waals surface area contributed by atoms with Crippen molar-refractivity contribution in [2.75, 3.05) is 39.5 Å². The van der Waals surface area contributed by atoms with E-state index in [0.29, 0.717) is 32.7 Å². The normalized spacial score (nSPS) is 16.0. The van der Waals surface area contributed by atoms with Gasteiger partial charge in [-0.1, -0.05) is 55.0 Å². The number of alkyl carbamates (subject to hydrolysis) is 1. The number of carbonyl (C=O) groups excluding carboxylic acids is 2. The molecule has 0 unspecified atom stereocenters. The van der Waals surface area contributed by atoms with E-state index < -0.39 is 11.5 Å². The van der Waals surface area contributed by atoms with E-state index in [1.54, 1.807) is 4.90 Å². The zero-order valence-corrected chi connectivity index (χ0v) is 18.8. The molecule has 7 heteroatoms. The zero-order chi connectivity index (χ0) is 23.3. The molecule has 1 heterocycles. The van der Waals surface area contributed by atoms with Crippen molar-refractivity contribution in [2.45, 2.75) is 31.6 Å². The fourth-order valence-electron chi connectivity index (χ4n) is 4.77. The highest BCUT2D eigenvalue weighted by Gasteiger charge is 2.43. The van der Waals surface area contributed by atoms with Crippen molar-refractivity contribution in [2.24, 2.45) is 5.41 Å². The fourth-order valence-corrected chi connectivity index (χ4v) is 4.77. The maximum atomic E-state index is 12.2. The number of nitrogens with zero attached hydrogens (tertiary/aromatic N) is 1. The number of amides is 2. The highest BCUT2D eigenvalue weighted by Crippen LogP contribution is 2.44. The molecule has 1 saturated heterocycles. The number of ether oxygens (including phenoxy) is 1. The molecule has 0 atom stereocenters. The Morgan fingerprint density at radius 3 is 2.15 bits per heavy atom. The summed E-state index contributed by atoms with van der Waals surface area (Å²) in [6.07, 6.45) is 2.37. The van der Waals surface area contributed by atoms with Gasteiger partial charge in [-0.15, -0.1) is 0 Å². The lowest BCUT2D eigenvalue weighted by Crippen LogP contribution is -2.61. The number of aliphatic hydroxyl groups excluding tert-OH is 2. The third kappa shape index (κ3) is 5.04. The molecule has 0 bridgehead atoms. The molecule has 2 aromatic rings. The predicted molar refractivity (Wildman–Crippen MR) is 125 cm³/mol. The Kier molecular flexibility index (Phi) is 7.30. The van der Waals surface area contributed by atoms with Crippen LogP contribution < -0.4 is 5.32 Å². The SMILES string of the molecule is O=C(NCCCCCC(=O)N1CC(CO)(CO)C1)OCC1c2ccccc2-c2ccccc21. The summed E-state index contributed by atoms with van der Waals surface area (Å²) in [6.45, 7) is 1.44. The summed E-state index contributed by atoms with van der Waals surface area (Å²) in [6, 6.07) is 16.5. The Balaban J connectivity index is 1.12. The van der Waals surface area contributed by atoms with Crippen LogP contribution in [-0.2, 0) is 9.53 Å². The van der Waals surface area contributed by atoms with Gasteiger partial charge in [0.05, 0.1) is 18.6 Å². The monoisotopic (exact) mass is 452 g/mol. The summed E-state index contributed by atoms with van der Waals surface area (Å²) in [5, 5.41) is 21.4. The topological polar surface area (TPSA) is 99.1 Å². The Morgan fingerprint density at radius 2 is 1.55 bits per heavy atom. The van der Waals surface area contributed by atoms with Crippen LogP contribution in [0.3, 0.4) is 0 Å². The van der Waals surface area contributed by atoms with Gasteiger partial charge in [-0.3, -0.25) is 4.79 Å². The molecular formula is C26H32N2O5. The third-order valence-corrected chi connectivity index (χ3v) is 6.76. The molecule has 0 saturated carbocycles. The van der Waals surface area contributed by atoms with E-state index in [1.807, 2.05) is 24.3 Å². The smallest absolute Gasteiger partial charge is 0.407 e. The second-order valence-electron chi connectivity index (χ2n) is 9.13. The first-order valence-corrected chi connectivity index (χ1v) is 11.7. The second-order valence-corrected chi connectivity index (χ2v) is 9.13. The molecule has 4 rings (SSSR count). The molecule has 2 amide bonds. The highest BCUT2D eigenvalue weighted by molar-refractivity contribution is 5.79. The number of hydrogen-bond acceptors (Lipinski definition) is 5. The number of hydrogen-bond donors (Lipinski definition) is 3. The summed E-state index contributed by atoms with van der Waals surface area (Å²) in [7, 11) is 0. The summed E-state index contributed by atoms with van der Waals surface area (Å²) in [4.78, 5) is 26.0. The number of carbonyl (C=O) groups is 2. The van der Waals surface area contributed by atoms with E-state index in [-0.39, 0.29) is 25.0 Å². The lowest BCUT2D eigenvalue weighted by molar-refractivity contribution is -0.150. The minimum Gasteiger partial charge on any atom is -0.449 e. The van der Waals surface area contributed by atoms with E-state index in [0.717, 1.165) is 19.3 Å². The molecule has 1 aliphatic heterocycles. The number of unbranched alkanes of at least 4 members (excludes halogenated alkanes) is 2. The largest absolute Gasteiger partial charge is 0.449 e. The van der Waals surface area contributed by atoms with Gasteiger partial charge in [0.15, 0.2) is 0 Å². The van der Waals surface area contributed by atoms with E-state index in [4.69, 9.17) is 4.74 Å². The van der Waals surface area contributed by atoms with Gasteiger partial charge < -0.3 is 25.2 Å². The lowest BCUT2D eigenvalue weighted by atomic mass is 9.81. The number of likely N-dealkylation sites (tertiary alicyclic amines) is 1. The Hall–Kier alpha value is -2.90. The Bertz CT molecular complexity index is 935. The molecule has 0 radical (unpaired) electrons. The maximum absolute atomic E-state index is 12.2. The first-order valence-electron chi connectivity index (χ1n) is 11.7. The molecule has 0 aromatic heterocycles. The van der Waals surface area contributed by atoms with E-state index in [2.05, 4.69) is 29.6 Å². The quantitative estimate of drug-likeness (QED) is 0.482. The number of benzene rings is 2. The first-order chi connectivity index (χ1) is 16.1. The molecule has 3 N–H and O–H groups in total. The van der Waals surface area contributed by atoms with Crippen molar-refractivity contribution in [1.82, 2.24) is 10.2 Å². The van der Waals surface area contributed by atoms with Gasteiger partial charge in [0.2, 0.25) is 5.91 Å². The predicted octanol–water partition coefficient (Wildman–Crippen LogP) is 2.90. The molecule has 2 aliphatic rings. The van der Waals surface area contributed by atoms with Crippen molar-refractivity contribution in [1.29, 1.82) is 0 Å². The standard InChI is InChI=1S/C26H32N2O5/c29-17-26(18-30)15-28(16-26)24(31)12-2-1-7-13-27-25(32)33-14-23-21-10-5-3-8-19(21)20-9-4-6-11-22(20)23/h3-6,8-11,23,29-30H,1-2,7,12-18H2,(H,27,32). The molecule has 1 aliphatic carbocycles. The summed E-state index contributed by atoms with van der Waals surface area (Å²) in [5.41, 5.74) is 4.26. The molecule has 7 nitrogen and oxygen atoms in total. The van der Waals surface area contributed by atoms with Crippen molar-refractivity contribution in [3.63, 3.8) is 0 Å². The van der Waals surface area contributed by atoms with Crippen LogP contribution in [0.15, 0.2) is 48.5 Å². The van der Waals surface area contributed by atoms with Gasteiger partial charge in [0, 0.05) is 32.0 Å². The van der Waals surface area contributed by atoms with Crippen LogP contribution in [-0.4, -0.2) is 66.6 Å². The number of nitrogens with one attached hydrogen (secondary N) is 1. The van der Waals surface area contributed by atoms with Gasteiger partial charge in [-0.2, -0.15) is 0 Å². The fraction of sp³-hybridized carbons (Fsp3) is 0.462. The average molecular weight is 453 g/mol. The minimum absolute atomic E-state index is 0.0473. The van der Waals surface area contributed by atoms with E-state index in [1.165, 1.54) is 22.3 Å². The van der Waals surface area contributed by atoms with Gasteiger partial charge in [-0.25, -0.2) is 4.79 Å². The Labute approximate surface area is 194 Å². The van der Waals surface area contributed by atoms with E-state index >= 15 is 0 Å². The minimum atomic E-state index is -0.525. The molecule has 0 spiro atoms. The number of fused-ring (bicyclic) bond motifs is 3. The second kappa shape index (κ2) is 10.4. The van der Waals surface area contributed by atoms with Gasteiger partial charge in [-0.05, 0) is 35.1 Å². The average Bonchev–Trinajstić information content (AvgIpc) is 3.13. The van der Waals surface area contributed by atoms with Crippen molar-refractivity contribution >= 4 is 12.0 Å². The van der Waals surface area contributed by atoms with E-state index in [9.17, 15) is 19.8 Å². The summed E-state index contributed by atoms with van der Waals surface area (Å²) < 4.78 is 5.53. The van der Waals surface area contributed by atoms with Crippen molar-refractivity contribution in [3.8, 4) is 11.1 Å². The molecule has 2 aromatic carbocycles. The van der Waals surface area contributed by atoms with Crippen LogP contribution in [0.4, 0.5) is 4.79 Å². The van der Waals surface area contributed by atoms with Crippen LogP contribution in [0.1, 0.15) is 42.7 Å². The van der Waals surface area contributed by atoms with Crippen molar-refractivity contribution in [3.05, 3.63) is 59.7 Å². The Morgan fingerprint density at radius 1 is 0.939 bits per heavy atom. The number of aliphatic hydroxyl groups is 2. The van der Waals surface area contributed by atoms with Crippen molar-refractivity contribution < 1.29 is 24.5 Å². The van der Waals surface area contributed by atoms with Gasteiger partial charge >= 0.3 is 6.09 Å². The van der Waals surface area contributed by atoms with Crippen LogP contribution in [0.5, 0.6) is 0 Å². The highest BCUT2D eigenvalue weighted by atomic mass is 16.5. The first kappa shape index (κ1) is 23.3. The third-order valence-electron chi connectivity index (χ3n) is 6.76. The molecular weight excluding hydrogens is 420 g/mol. The van der Waals surface area contributed by atoms with Gasteiger partial charge in [0.25, 0.3) is 0 Å². The number of rotatable bonds is 10. The lowest BCUT2D eigenvalue weighted by Gasteiger charge is -2.48. The summed E-state index contributed by atoms with van der Waals surface area (Å²) in [5.74, 6) is 0.100. The van der Waals surface area contributed by atoms with Gasteiger partial charge in [0.1, 0.15) is 6.61 Å². The molecule has 1 fully saturated rings. The molecule has 33 heavy (non-hydrogen) atoms. The summed E-state index contributed by atoms with van der Waals surface area (Å²) >= 11 is 0. The maximum Gasteiger partial charge on any atom is 0.407 e. The zero-order valence-electron chi connectivity index (χ0n) is 18.8. The van der Waals surface area contributed by atoms with Crippen LogP contribution >= 0.6 is 0 Å². The molecule has 176 valence electrons. The van der Waals surface area contributed by atoms with Crippen LogP contribution in [0.2, 0.25) is 0 Å².